The van der Waals surface area contributed by atoms with Crippen molar-refractivity contribution in [3.05, 3.63) is 21.9 Å². The van der Waals surface area contributed by atoms with E-state index in [2.05, 4.69) is 12.2 Å². The van der Waals surface area contributed by atoms with Crippen LogP contribution in [0.15, 0.2) is 11.4 Å². The van der Waals surface area contributed by atoms with Gasteiger partial charge in [0.1, 0.15) is 0 Å². The van der Waals surface area contributed by atoms with Gasteiger partial charge in [0.05, 0.1) is 0 Å². The maximum atomic E-state index is 12.4. The Kier molecular flexibility index (Phi) is 2.94. The summed E-state index contributed by atoms with van der Waals surface area (Å²) < 4.78 is 0. The van der Waals surface area contributed by atoms with Crippen LogP contribution < -0.4 is 5.32 Å². The van der Waals surface area contributed by atoms with E-state index in [0.29, 0.717) is 5.78 Å². The third kappa shape index (κ3) is 1.86. The van der Waals surface area contributed by atoms with Crippen molar-refractivity contribution in [3.8, 4) is 0 Å². The molecule has 82 valence electrons. The summed E-state index contributed by atoms with van der Waals surface area (Å²) in [6.45, 7) is 5.98. The van der Waals surface area contributed by atoms with Crippen molar-refractivity contribution >= 4 is 17.1 Å². The van der Waals surface area contributed by atoms with Crippen molar-refractivity contribution in [1.82, 2.24) is 5.32 Å². The van der Waals surface area contributed by atoms with Gasteiger partial charge in [-0.15, -0.1) is 11.3 Å². The summed E-state index contributed by atoms with van der Waals surface area (Å²) >= 11 is 1.66. The Bertz CT molecular complexity index is 363. The Balaban J connectivity index is 2.26. The molecular formula is C12H17NOS. The van der Waals surface area contributed by atoms with Crippen LogP contribution in [0.5, 0.6) is 0 Å². The molecule has 1 aliphatic heterocycles. The molecule has 1 N–H and O–H groups in total. The zero-order valence-corrected chi connectivity index (χ0v) is 10.1. The second-order valence-electron chi connectivity index (χ2n) is 4.34. The molecule has 2 heterocycles. The SMILES string of the molecule is CCC1(C(=O)c2csc(C)c2)CCNC1. The van der Waals surface area contributed by atoms with E-state index in [1.165, 1.54) is 4.88 Å². The van der Waals surface area contributed by atoms with Gasteiger partial charge in [0.25, 0.3) is 0 Å². The van der Waals surface area contributed by atoms with Crippen LogP contribution in [0.1, 0.15) is 35.0 Å². The van der Waals surface area contributed by atoms with Crippen LogP contribution >= 0.6 is 11.3 Å². The van der Waals surface area contributed by atoms with Gasteiger partial charge in [-0.05, 0) is 32.4 Å². The van der Waals surface area contributed by atoms with E-state index >= 15 is 0 Å². The minimum Gasteiger partial charge on any atom is -0.316 e. The number of hydrogen-bond donors (Lipinski definition) is 1. The van der Waals surface area contributed by atoms with Gasteiger partial charge in [-0.3, -0.25) is 4.79 Å². The number of thiophene rings is 1. The number of aryl methyl sites for hydroxylation is 1. The summed E-state index contributed by atoms with van der Waals surface area (Å²) in [4.78, 5) is 13.6. The minimum absolute atomic E-state index is 0.131. The fourth-order valence-corrected chi connectivity index (χ4v) is 2.95. The van der Waals surface area contributed by atoms with E-state index in [9.17, 15) is 4.79 Å². The third-order valence-corrected chi connectivity index (χ3v) is 4.26. The summed E-state index contributed by atoms with van der Waals surface area (Å²) in [5.74, 6) is 0.333. The molecule has 0 amide bonds. The third-order valence-electron chi connectivity index (χ3n) is 3.39. The summed E-state index contributed by atoms with van der Waals surface area (Å²) in [6, 6.07) is 2.02. The molecule has 0 radical (unpaired) electrons. The van der Waals surface area contributed by atoms with E-state index in [1.807, 2.05) is 18.4 Å². The van der Waals surface area contributed by atoms with Crippen LogP contribution in [-0.4, -0.2) is 18.9 Å². The van der Waals surface area contributed by atoms with Crippen LogP contribution in [0.3, 0.4) is 0 Å². The molecule has 1 unspecified atom stereocenters. The lowest BCUT2D eigenvalue weighted by atomic mass is 9.78. The minimum atomic E-state index is -0.131. The molecule has 15 heavy (non-hydrogen) atoms. The second-order valence-corrected chi connectivity index (χ2v) is 5.45. The Morgan fingerprint density at radius 3 is 2.93 bits per heavy atom. The summed E-state index contributed by atoms with van der Waals surface area (Å²) in [7, 11) is 0. The largest absolute Gasteiger partial charge is 0.316 e. The maximum Gasteiger partial charge on any atom is 0.171 e. The van der Waals surface area contributed by atoms with Crippen molar-refractivity contribution in [2.45, 2.75) is 26.7 Å². The van der Waals surface area contributed by atoms with E-state index < -0.39 is 0 Å². The van der Waals surface area contributed by atoms with Crippen LogP contribution in [0.2, 0.25) is 0 Å². The lowest BCUT2D eigenvalue weighted by molar-refractivity contribution is 0.0811. The Morgan fingerprint density at radius 2 is 2.47 bits per heavy atom. The molecular weight excluding hydrogens is 206 g/mol. The number of hydrogen-bond acceptors (Lipinski definition) is 3. The topological polar surface area (TPSA) is 29.1 Å². The van der Waals surface area contributed by atoms with E-state index in [-0.39, 0.29) is 5.41 Å². The van der Waals surface area contributed by atoms with E-state index in [4.69, 9.17) is 0 Å². The van der Waals surface area contributed by atoms with Crippen molar-refractivity contribution in [3.63, 3.8) is 0 Å². The number of carbonyl (C=O) groups excluding carboxylic acids is 1. The van der Waals surface area contributed by atoms with Crippen molar-refractivity contribution in [1.29, 1.82) is 0 Å². The molecule has 0 spiro atoms. The molecule has 0 aliphatic carbocycles. The summed E-state index contributed by atoms with van der Waals surface area (Å²) in [5, 5.41) is 5.30. The maximum absolute atomic E-state index is 12.4. The zero-order valence-electron chi connectivity index (χ0n) is 9.30. The molecule has 1 atom stereocenters. The molecule has 2 nitrogen and oxygen atoms in total. The van der Waals surface area contributed by atoms with Crippen molar-refractivity contribution in [2.24, 2.45) is 5.41 Å². The molecule has 0 saturated carbocycles. The van der Waals surface area contributed by atoms with Gasteiger partial charge >= 0.3 is 0 Å². The highest BCUT2D eigenvalue weighted by atomic mass is 32.1. The highest BCUT2D eigenvalue weighted by Crippen LogP contribution is 2.34. The number of Topliss-reactive ketones (excluding diaryl/α,β-unsaturated/α-hetero) is 1. The number of ketones is 1. The first-order chi connectivity index (χ1) is 7.18. The lowest BCUT2D eigenvalue weighted by Gasteiger charge is -2.24. The Hall–Kier alpha value is -0.670. The van der Waals surface area contributed by atoms with Crippen LogP contribution in [0.25, 0.3) is 0 Å². The fraction of sp³-hybridized carbons (Fsp3) is 0.583. The second kappa shape index (κ2) is 4.06. The summed E-state index contributed by atoms with van der Waals surface area (Å²) in [5.41, 5.74) is 0.774. The molecule has 3 heteroatoms. The van der Waals surface area contributed by atoms with Crippen LogP contribution in [0.4, 0.5) is 0 Å². The predicted octanol–water partition coefficient (Wildman–Crippen LogP) is 2.63. The van der Waals surface area contributed by atoms with Gasteiger partial charge in [-0.2, -0.15) is 0 Å². The molecule has 1 aliphatic rings. The van der Waals surface area contributed by atoms with Crippen LogP contribution in [0, 0.1) is 12.3 Å². The van der Waals surface area contributed by atoms with Crippen molar-refractivity contribution < 1.29 is 4.79 Å². The zero-order chi connectivity index (χ0) is 10.9. The Labute approximate surface area is 94.7 Å². The molecule has 1 aromatic heterocycles. The highest BCUT2D eigenvalue weighted by Gasteiger charge is 2.39. The first kappa shape index (κ1) is 10.8. The van der Waals surface area contributed by atoms with Gasteiger partial charge < -0.3 is 5.32 Å². The quantitative estimate of drug-likeness (QED) is 0.798. The van der Waals surface area contributed by atoms with E-state index in [0.717, 1.165) is 31.5 Å². The number of nitrogens with one attached hydrogen (secondary N) is 1. The number of rotatable bonds is 3. The lowest BCUT2D eigenvalue weighted by Crippen LogP contribution is -2.32. The highest BCUT2D eigenvalue weighted by molar-refractivity contribution is 7.10. The Morgan fingerprint density at radius 1 is 1.67 bits per heavy atom. The monoisotopic (exact) mass is 223 g/mol. The average Bonchev–Trinajstić information content (AvgIpc) is 2.86. The van der Waals surface area contributed by atoms with Gasteiger partial charge in [-0.25, -0.2) is 0 Å². The predicted molar refractivity (Wildman–Crippen MR) is 63.6 cm³/mol. The summed E-state index contributed by atoms with van der Waals surface area (Å²) in [6.07, 6.45) is 1.92. The normalized spacial score (nSPS) is 25.7. The standard InChI is InChI=1S/C12H17NOS/c1-3-12(4-5-13-8-12)11(14)10-6-9(2)15-7-10/h6-7,13H,3-5,8H2,1-2H3. The average molecular weight is 223 g/mol. The van der Waals surface area contributed by atoms with Gasteiger partial charge in [0, 0.05) is 27.8 Å². The smallest absolute Gasteiger partial charge is 0.171 e. The molecule has 1 aromatic rings. The molecule has 1 saturated heterocycles. The fourth-order valence-electron chi connectivity index (χ4n) is 2.27. The first-order valence-corrected chi connectivity index (χ1v) is 6.36. The van der Waals surface area contributed by atoms with Gasteiger partial charge in [0.2, 0.25) is 0 Å². The first-order valence-electron chi connectivity index (χ1n) is 5.48. The molecule has 2 rings (SSSR count). The van der Waals surface area contributed by atoms with E-state index in [1.54, 1.807) is 11.3 Å². The van der Waals surface area contributed by atoms with Crippen LogP contribution in [-0.2, 0) is 0 Å². The van der Waals surface area contributed by atoms with Crippen molar-refractivity contribution in [2.75, 3.05) is 13.1 Å². The molecule has 0 bridgehead atoms. The van der Waals surface area contributed by atoms with Gasteiger partial charge in [0.15, 0.2) is 5.78 Å². The van der Waals surface area contributed by atoms with Gasteiger partial charge in [-0.1, -0.05) is 6.92 Å². The molecule has 1 fully saturated rings. The molecule has 0 aromatic carbocycles. The number of carbonyl (C=O) groups is 1.